The highest BCUT2D eigenvalue weighted by Gasteiger charge is 2.52. The molecule has 2 N–H and O–H groups in total. The summed E-state index contributed by atoms with van der Waals surface area (Å²) in [6, 6.07) is 7.57. The van der Waals surface area contributed by atoms with Crippen molar-refractivity contribution in [3.63, 3.8) is 0 Å². The molecular weight excluding hydrogens is 326 g/mol. The van der Waals surface area contributed by atoms with Crippen LogP contribution in [-0.2, 0) is 4.79 Å². The van der Waals surface area contributed by atoms with E-state index in [1.807, 2.05) is 24.3 Å². The maximum absolute atomic E-state index is 12.2. The normalized spacial score (nSPS) is 32.4. The number of amides is 1. The van der Waals surface area contributed by atoms with Crippen LogP contribution >= 0.6 is 0 Å². The minimum Gasteiger partial charge on any atom is -0.497 e. The van der Waals surface area contributed by atoms with Gasteiger partial charge in [0.15, 0.2) is 0 Å². The van der Waals surface area contributed by atoms with Crippen LogP contribution in [0, 0.1) is 23.2 Å². The molecule has 140 valence electrons. The van der Waals surface area contributed by atoms with E-state index >= 15 is 0 Å². The standard InChI is InChI=1S/C21H29N3O2/c1-14(21-10-15-6-16(11-21)8-17(7-15)12-21)23-24-20(25)13-22-18-4-3-5-19(9-18)26-2/h3-5,9,15-17,22H,6-8,10-13H2,1-2H3,(H,24,25)/b23-14-. The van der Waals surface area contributed by atoms with Gasteiger partial charge in [0.1, 0.15) is 5.75 Å². The van der Waals surface area contributed by atoms with Crippen LogP contribution in [0.5, 0.6) is 5.75 Å². The predicted octanol–water partition coefficient (Wildman–Crippen LogP) is 3.82. The lowest BCUT2D eigenvalue weighted by molar-refractivity contribution is -0.119. The summed E-state index contributed by atoms with van der Waals surface area (Å²) < 4.78 is 5.20. The number of carbonyl (C=O) groups is 1. The second-order valence-electron chi connectivity index (χ2n) is 8.52. The molecule has 26 heavy (non-hydrogen) atoms. The summed E-state index contributed by atoms with van der Waals surface area (Å²) in [6.45, 7) is 2.31. The summed E-state index contributed by atoms with van der Waals surface area (Å²) >= 11 is 0. The molecule has 1 aromatic rings. The molecule has 4 bridgehead atoms. The Hall–Kier alpha value is -2.04. The Morgan fingerprint density at radius 2 is 1.85 bits per heavy atom. The Morgan fingerprint density at radius 3 is 2.46 bits per heavy atom. The van der Waals surface area contributed by atoms with Gasteiger partial charge >= 0.3 is 0 Å². The summed E-state index contributed by atoms with van der Waals surface area (Å²) in [4.78, 5) is 12.2. The van der Waals surface area contributed by atoms with E-state index in [0.29, 0.717) is 0 Å². The number of hydrogen-bond acceptors (Lipinski definition) is 4. The summed E-state index contributed by atoms with van der Waals surface area (Å²) in [5.74, 6) is 3.31. The third-order valence-electron chi connectivity index (χ3n) is 6.68. The molecule has 0 aromatic heterocycles. The number of nitrogens with zero attached hydrogens (tertiary/aromatic N) is 1. The average molecular weight is 355 g/mol. The third-order valence-corrected chi connectivity index (χ3v) is 6.68. The van der Waals surface area contributed by atoms with Gasteiger partial charge in [-0.1, -0.05) is 6.07 Å². The number of nitrogens with one attached hydrogen (secondary N) is 2. The first kappa shape index (κ1) is 17.4. The van der Waals surface area contributed by atoms with Crippen LogP contribution in [0.2, 0.25) is 0 Å². The number of carbonyl (C=O) groups excluding carboxylic acids is 1. The number of ether oxygens (including phenoxy) is 1. The Bertz CT molecular complexity index is 678. The largest absolute Gasteiger partial charge is 0.497 e. The van der Waals surface area contributed by atoms with Crippen molar-refractivity contribution < 1.29 is 9.53 Å². The van der Waals surface area contributed by atoms with Crippen LogP contribution in [0.3, 0.4) is 0 Å². The number of rotatable bonds is 6. The molecule has 0 aliphatic heterocycles. The summed E-state index contributed by atoms with van der Waals surface area (Å²) in [6.07, 6.45) is 8.07. The van der Waals surface area contributed by atoms with Crippen molar-refractivity contribution in [2.75, 3.05) is 19.0 Å². The van der Waals surface area contributed by atoms with Gasteiger partial charge in [-0.2, -0.15) is 5.10 Å². The van der Waals surface area contributed by atoms with Crippen LogP contribution in [0.4, 0.5) is 5.69 Å². The third kappa shape index (κ3) is 3.44. The van der Waals surface area contributed by atoms with Crippen molar-refractivity contribution in [2.24, 2.45) is 28.3 Å². The minimum absolute atomic E-state index is 0.114. The van der Waals surface area contributed by atoms with Gasteiger partial charge in [0.25, 0.3) is 5.91 Å². The molecule has 0 saturated heterocycles. The maximum Gasteiger partial charge on any atom is 0.259 e. The molecule has 0 atom stereocenters. The molecule has 0 unspecified atom stereocenters. The van der Waals surface area contributed by atoms with Crippen LogP contribution in [0.25, 0.3) is 0 Å². The highest BCUT2D eigenvalue weighted by atomic mass is 16.5. The van der Waals surface area contributed by atoms with Crippen LogP contribution in [-0.4, -0.2) is 25.3 Å². The summed E-state index contributed by atoms with van der Waals surface area (Å²) in [7, 11) is 1.63. The van der Waals surface area contributed by atoms with Crippen molar-refractivity contribution in [2.45, 2.75) is 45.4 Å². The van der Waals surface area contributed by atoms with E-state index in [0.717, 1.165) is 34.9 Å². The van der Waals surface area contributed by atoms with Gasteiger partial charge in [-0.25, -0.2) is 5.43 Å². The second-order valence-corrected chi connectivity index (χ2v) is 8.52. The lowest BCUT2D eigenvalue weighted by atomic mass is 9.48. The topological polar surface area (TPSA) is 62.7 Å². The van der Waals surface area contributed by atoms with Crippen LogP contribution in [0.15, 0.2) is 29.4 Å². The van der Waals surface area contributed by atoms with Crippen LogP contribution in [0.1, 0.15) is 45.4 Å². The van der Waals surface area contributed by atoms with E-state index in [1.54, 1.807) is 7.11 Å². The van der Waals surface area contributed by atoms with Gasteiger partial charge in [-0.05, 0) is 75.3 Å². The van der Waals surface area contributed by atoms with Crippen molar-refractivity contribution in [3.05, 3.63) is 24.3 Å². The van der Waals surface area contributed by atoms with Crippen molar-refractivity contribution >= 4 is 17.3 Å². The Morgan fingerprint density at radius 1 is 1.19 bits per heavy atom. The van der Waals surface area contributed by atoms with Crippen molar-refractivity contribution in [1.82, 2.24) is 5.43 Å². The molecule has 5 rings (SSSR count). The zero-order valence-electron chi connectivity index (χ0n) is 15.8. The maximum atomic E-state index is 12.2. The molecule has 0 radical (unpaired) electrons. The second kappa shape index (κ2) is 6.93. The number of benzene rings is 1. The molecule has 5 heteroatoms. The fourth-order valence-corrected chi connectivity index (χ4v) is 5.77. The first-order valence-corrected chi connectivity index (χ1v) is 9.78. The molecular formula is C21H29N3O2. The van der Waals surface area contributed by atoms with E-state index in [1.165, 1.54) is 38.5 Å². The molecule has 5 nitrogen and oxygen atoms in total. The first-order valence-electron chi connectivity index (χ1n) is 9.78. The fraction of sp³-hybridized carbons (Fsp3) is 0.619. The first-order chi connectivity index (χ1) is 12.6. The van der Waals surface area contributed by atoms with E-state index in [4.69, 9.17) is 4.74 Å². The van der Waals surface area contributed by atoms with Gasteiger partial charge in [0, 0.05) is 22.9 Å². The monoisotopic (exact) mass is 355 g/mol. The Kier molecular flexibility index (Phi) is 4.63. The number of anilines is 1. The smallest absolute Gasteiger partial charge is 0.259 e. The highest BCUT2D eigenvalue weighted by molar-refractivity contribution is 5.90. The highest BCUT2D eigenvalue weighted by Crippen LogP contribution is 2.60. The summed E-state index contributed by atoms with van der Waals surface area (Å²) in [5, 5.41) is 7.63. The molecule has 4 fully saturated rings. The number of hydrogen-bond donors (Lipinski definition) is 2. The van der Waals surface area contributed by atoms with Gasteiger partial charge in [0.2, 0.25) is 0 Å². The number of hydrazone groups is 1. The zero-order chi connectivity index (χ0) is 18.1. The molecule has 4 saturated carbocycles. The summed E-state index contributed by atoms with van der Waals surface area (Å²) in [5.41, 5.74) is 5.01. The van der Waals surface area contributed by atoms with Gasteiger partial charge in [-0.15, -0.1) is 0 Å². The van der Waals surface area contributed by atoms with E-state index in [9.17, 15) is 4.79 Å². The molecule has 0 heterocycles. The minimum atomic E-state index is -0.114. The molecule has 0 spiro atoms. The fourth-order valence-electron chi connectivity index (χ4n) is 5.77. The van der Waals surface area contributed by atoms with Gasteiger partial charge in [-0.3, -0.25) is 4.79 Å². The van der Waals surface area contributed by atoms with E-state index in [2.05, 4.69) is 22.8 Å². The van der Waals surface area contributed by atoms with Crippen molar-refractivity contribution in [3.8, 4) is 5.75 Å². The lowest BCUT2D eigenvalue weighted by Crippen LogP contribution is -2.49. The van der Waals surface area contributed by atoms with E-state index in [-0.39, 0.29) is 17.9 Å². The van der Waals surface area contributed by atoms with Crippen molar-refractivity contribution in [1.29, 1.82) is 0 Å². The quantitative estimate of drug-likeness (QED) is 0.602. The van der Waals surface area contributed by atoms with Gasteiger partial charge < -0.3 is 10.1 Å². The predicted molar refractivity (Wildman–Crippen MR) is 103 cm³/mol. The van der Waals surface area contributed by atoms with Gasteiger partial charge in [0.05, 0.1) is 13.7 Å². The SMILES string of the molecule is COc1cccc(NCC(=O)N/N=C(/C)C23CC4CC(CC(C4)C2)C3)c1. The zero-order valence-corrected chi connectivity index (χ0v) is 15.8. The van der Waals surface area contributed by atoms with Crippen LogP contribution < -0.4 is 15.5 Å². The Balaban J connectivity index is 1.33. The molecule has 1 aromatic carbocycles. The lowest BCUT2D eigenvalue weighted by Gasteiger charge is -2.56. The average Bonchev–Trinajstić information content (AvgIpc) is 2.63. The number of methoxy groups -OCH3 is 1. The molecule has 4 aliphatic carbocycles. The Labute approximate surface area is 155 Å². The molecule has 4 aliphatic rings. The van der Waals surface area contributed by atoms with E-state index < -0.39 is 0 Å². The molecule has 1 amide bonds.